The second-order valence-electron chi connectivity index (χ2n) is 5.77. The van der Waals surface area contributed by atoms with E-state index in [2.05, 4.69) is 42.3 Å². The molecule has 2 heteroatoms. The minimum atomic E-state index is 0.849. The van der Waals surface area contributed by atoms with Gasteiger partial charge >= 0.3 is 0 Å². The molecule has 0 spiro atoms. The molecular weight excluding hydrogens is 208 g/mol. The van der Waals surface area contributed by atoms with Crippen molar-refractivity contribution in [2.24, 2.45) is 11.8 Å². The molecule has 2 aliphatic rings. The van der Waals surface area contributed by atoms with Crippen LogP contribution in [0, 0.1) is 25.7 Å². The molecule has 2 unspecified atom stereocenters. The fourth-order valence-electron chi connectivity index (χ4n) is 3.59. The van der Waals surface area contributed by atoms with Gasteiger partial charge in [-0.25, -0.2) is 0 Å². The fourth-order valence-corrected chi connectivity index (χ4v) is 3.59. The number of nitrogens with one attached hydrogen (secondary N) is 1. The molecule has 3 rings (SSSR count). The summed E-state index contributed by atoms with van der Waals surface area (Å²) in [6.07, 6.45) is 1.43. The van der Waals surface area contributed by atoms with Crippen molar-refractivity contribution in [1.82, 2.24) is 5.32 Å². The van der Waals surface area contributed by atoms with Gasteiger partial charge in [-0.2, -0.15) is 0 Å². The van der Waals surface area contributed by atoms with Crippen LogP contribution in [0.5, 0.6) is 0 Å². The average molecular weight is 230 g/mol. The van der Waals surface area contributed by atoms with Crippen LogP contribution in [-0.2, 0) is 0 Å². The Kier molecular flexibility index (Phi) is 2.83. The summed E-state index contributed by atoms with van der Waals surface area (Å²) in [5, 5.41) is 3.56. The van der Waals surface area contributed by atoms with E-state index in [4.69, 9.17) is 0 Å². The van der Waals surface area contributed by atoms with Crippen molar-refractivity contribution in [2.45, 2.75) is 20.3 Å². The molecule has 2 fully saturated rings. The number of para-hydroxylation sites is 1. The molecule has 2 saturated heterocycles. The number of anilines is 1. The number of nitrogens with zero attached hydrogens (tertiary/aromatic N) is 1. The molecule has 0 aliphatic carbocycles. The predicted molar refractivity (Wildman–Crippen MR) is 72.6 cm³/mol. The van der Waals surface area contributed by atoms with E-state index in [0.717, 1.165) is 11.8 Å². The lowest BCUT2D eigenvalue weighted by Gasteiger charge is -2.43. The fraction of sp³-hybridized carbons (Fsp3) is 0.600. The van der Waals surface area contributed by atoms with Crippen LogP contribution in [0.15, 0.2) is 18.2 Å². The van der Waals surface area contributed by atoms with Gasteiger partial charge in [0, 0.05) is 18.8 Å². The van der Waals surface area contributed by atoms with Gasteiger partial charge < -0.3 is 10.2 Å². The molecule has 1 aromatic carbocycles. The first-order chi connectivity index (χ1) is 8.24. The van der Waals surface area contributed by atoms with E-state index in [1.807, 2.05) is 0 Å². The molecule has 0 amide bonds. The van der Waals surface area contributed by atoms with Crippen molar-refractivity contribution in [2.75, 3.05) is 31.1 Å². The minimum absolute atomic E-state index is 0.849. The molecule has 2 nitrogen and oxygen atoms in total. The summed E-state index contributed by atoms with van der Waals surface area (Å²) in [5.41, 5.74) is 4.35. The predicted octanol–water partition coefficient (Wildman–Crippen LogP) is 2.35. The lowest BCUT2D eigenvalue weighted by molar-refractivity contribution is 0.249. The van der Waals surface area contributed by atoms with Crippen molar-refractivity contribution < 1.29 is 0 Å². The van der Waals surface area contributed by atoms with Crippen molar-refractivity contribution in [3.63, 3.8) is 0 Å². The third-order valence-electron chi connectivity index (χ3n) is 4.25. The summed E-state index contributed by atoms with van der Waals surface area (Å²) in [6.45, 7) is 9.36. The average Bonchev–Trinajstić information content (AvgIpc) is 2.28. The number of rotatable bonds is 1. The summed E-state index contributed by atoms with van der Waals surface area (Å²) in [7, 11) is 0. The Hall–Kier alpha value is -1.02. The summed E-state index contributed by atoms with van der Waals surface area (Å²) in [5.74, 6) is 1.70. The van der Waals surface area contributed by atoms with E-state index in [0.29, 0.717) is 0 Å². The molecule has 2 bridgehead atoms. The van der Waals surface area contributed by atoms with Crippen LogP contribution in [0.1, 0.15) is 17.5 Å². The largest absolute Gasteiger partial charge is 0.370 e. The Morgan fingerprint density at radius 2 is 1.65 bits per heavy atom. The van der Waals surface area contributed by atoms with Gasteiger partial charge in [-0.15, -0.1) is 0 Å². The van der Waals surface area contributed by atoms with E-state index in [1.165, 1.54) is 49.4 Å². The highest BCUT2D eigenvalue weighted by molar-refractivity contribution is 5.59. The van der Waals surface area contributed by atoms with Crippen molar-refractivity contribution in [1.29, 1.82) is 0 Å². The Balaban J connectivity index is 1.89. The zero-order valence-corrected chi connectivity index (χ0v) is 10.9. The lowest BCUT2D eigenvalue weighted by Crippen LogP contribution is -2.51. The van der Waals surface area contributed by atoms with Gasteiger partial charge in [0.2, 0.25) is 0 Å². The third kappa shape index (κ3) is 2.06. The van der Waals surface area contributed by atoms with Crippen LogP contribution in [0.25, 0.3) is 0 Å². The highest BCUT2D eigenvalue weighted by Crippen LogP contribution is 2.32. The molecule has 2 atom stereocenters. The molecule has 1 N–H and O–H groups in total. The highest BCUT2D eigenvalue weighted by Gasteiger charge is 2.31. The van der Waals surface area contributed by atoms with Crippen molar-refractivity contribution in [3.05, 3.63) is 29.3 Å². The first-order valence-electron chi connectivity index (χ1n) is 6.76. The number of fused-ring (bicyclic) bond motifs is 2. The maximum Gasteiger partial charge on any atom is 0.0425 e. The highest BCUT2D eigenvalue weighted by atomic mass is 15.2. The van der Waals surface area contributed by atoms with E-state index in [1.54, 1.807) is 0 Å². The topological polar surface area (TPSA) is 15.3 Å². The lowest BCUT2D eigenvalue weighted by atomic mass is 9.85. The monoisotopic (exact) mass is 230 g/mol. The molecule has 0 aromatic heterocycles. The van der Waals surface area contributed by atoms with Crippen LogP contribution in [0.3, 0.4) is 0 Å². The van der Waals surface area contributed by atoms with Gasteiger partial charge in [0.1, 0.15) is 0 Å². The van der Waals surface area contributed by atoms with Crippen LogP contribution in [-0.4, -0.2) is 26.2 Å². The summed E-state index contributed by atoms with van der Waals surface area (Å²) in [6, 6.07) is 6.65. The van der Waals surface area contributed by atoms with Gasteiger partial charge in [-0.05, 0) is 56.3 Å². The van der Waals surface area contributed by atoms with Crippen molar-refractivity contribution >= 4 is 5.69 Å². The normalized spacial score (nSPS) is 28.2. The Morgan fingerprint density at radius 3 is 2.24 bits per heavy atom. The van der Waals surface area contributed by atoms with Gasteiger partial charge in [0.05, 0.1) is 0 Å². The molecule has 2 heterocycles. The first kappa shape index (κ1) is 11.1. The van der Waals surface area contributed by atoms with E-state index in [9.17, 15) is 0 Å². The van der Waals surface area contributed by atoms with Crippen LogP contribution in [0.2, 0.25) is 0 Å². The summed E-state index contributed by atoms with van der Waals surface area (Å²) < 4.78 is 0. The van der Waals surface area contributed by atoms with E-state index >= 15 is 0 Å². The molecule has 92 valence electrons. The molecule has 17 heavy (non-hydrogen) atoms. The maximum atomic E-state index is 3.56. The zero-order valence-electron chi connectivity index (χ0n) is 10.9. The van der Waals surface area contributed by atoms with E-state index in [-0.39, 0.29) is 0 Å². The van der Waals surface area contributed by atoms with Crippen LogP contribution < -0.4 is 10.2 Å². The summed E-state index contributed by atoms with van der Waals surface area (Å²) in [4.78, 5) is 2.63. The molecular formula is C15H22N2. The Labute approximate surface area is 104 Å². The number of hydrogen-bond acceptors (Lipinski definition) is 2. The molecule has 1 aromatic rings. The molecule has 2 aliphatic heterocycles. The van der Waals surface area contributed by atoms with Gasteiger partial charge in [-0.1, -0.05) is 18.2 Å². The SMILES string of the molecule is Cc1cccc(C)c1N1CC2CNCC(C2)C1. The first-order valence-corrected chi connectivity index (χ1v) is 6.76. The number of aryl methyl sites for hydroxylation is 2. The van der Waals surface area contributed by atoms with E-state index < -0.39 is 0 Å². The molecule has 0 radical (unpaired) electrons. The van der Waals surface area contributed by atoms with Gasteiger partial charge in [0.15, 0.2) is 0 Å². The zero-order chi connectivity index (χ0) is 11.8. The maximum absolute atomic E-state index is 3.56. The van der Waals surface area contributed by atoms with Crippen LogP contribution in [0.4, 0.5) is 5.69 Å². The second-order valence-corrected chi connectivity index (χ2v) is 5.77. The van der Waals surface area contributed by atoms with Crippen molar-refractivity contribution in [3.8, 4) is 0 Å². The number of benzene rings is 1. The Morgan fingerprint density at radius 1 is 1.06 bits per heavy atom. The smallest absolute Gasteiger partial charge is 0.0425 e. The Bertz CT molecular complexity index is 381. The van der Waals surface area contributed by atoms with Gasteiger partial charge in [0.25, 0.3) is 0 Å². The quantitative estimate of drug-likeness (QED) is 0.796. The third-order valence-corrected chi connectivity index (χ3v) is 4.25. The minimum Gasteiger partial charge on any atom is -0.370 e. The number of piperidine rings is 2. The molecule has 0 saturated carbocycles. The second kappa shape index (κ2) is 4.34. The van der Waals surface area contributed by atoms with Gasteiger partial charge in [-0.3, -0.25) is 0 Å². The van der Waals surface area contributed by atoms with Crippen LogP contribution >= 0.6 is 0 Å². The number of hydrogen-bond donors (Lipinski definition) is 1. The standard InChI is InChI=1S/C15H22N2/c1-11-4-3-5-12(2)15(11)17-9-13-6-14(10-17)8-16-7-13/h3-5,13-14,16H,6-10H2,1-2H3. The summed E-state index contributed by atoms with van der Waals surface area (Å²) >= 11 is 0.